The summed E-state index contributed by atoms with van der Waals surface area (Å²) in [5.74, 6) is 0.772. The summed E-state index contributed by atoms with van der Waals surface area (Å²) in [5, 5.41) is 0.715. The van der Waals surface area contributed by atoms with Crippen LogP contribution in [0.5, 0.6) is 0 Å². The van der Waals surface area contributed by atoms with Gasteiger partial charge in [0.1, 0.15) is 0 Å². The molecule has 2 atom stereocenters. The maximum absolute atomic E-state index is 6.07. The summed E-state index contributed by atoms with van der Waals surface area (Å²) < 4.78 is 0. The lowest BCUT2D eigenvalue weighted by atomic mass is 9.64. The molecular formula is C17H18ClN3. The lowest BCUT2D eigenvalue weighted by molar-refractivity contribution is 0.00824. The molecule has 2 aromatic heterocycles. The van der Waals surface area contributed by atoms with E-state index in [0.29, 0.717) is 5.02 Å². The molecule has 0 aromatic carbocycles. The maximum Gasteiger partial charge on any atom is 0.0592 e. The quantitative estimate of drug-likeness (QED) is 0.866. The number of fused-ring (bicyclic) bond motifs is 1. The molecule has 1 saturated carbocycles. The highest BCUT2D eigenvalue weighted by atomic mass is 35.5. The SMILES string of the molecule is Clc1cncc(CN2CC[C@@H]3CC[C@@]32c2cccnc2)c1. The van der Waals surface area contributed by atoms with Crippen molar-refractivity contribution in [2.45, 2.75) is 31.3 Å². The molecule has 2 aliphatic rings. The molecule has 108 valence electrons. The van der Waals surface area contributed by atoms with Gasteiger partial charge in [-0.25, -0.2) is 0 Å². The summed E-state index contributed by atoms with van der Waals surface area (Å²) in [6.07, 6.45) is 11.4. The maximum atomic E-state index is 6.07. The molecule has 2 fully saturated rings. The van der Waals surface area contributed by atoms with Gasteiger partial charge in [0, 0.05) is 31.3 Å². The van der Waals surface area contributed by atoms with E-state index in [9.17, 15) is 0 Å². The van der Waals surface area contributed by atoms with Crippen molar-refractivity contribution in [3.05, 3.63) is 59.1 Å². The molecule has 3 nitrogen and oxygen atoms in total. The van der Waals surface area contributed by atoms with E-state index in [-0.39, 0.29) is 5.54 Å². The Hall–Kier alpha value is -1.45. The number of nitrogens with zero attached hydrogens (tertiary/aromatic N) is 3. The first kappa shape index (κ1) is 13.2. The Labute approximate surface area is 130 Å². The highest BCUT2D eigenvalue weighted by Crippen LogP contribution is 2.57. The van der Waals surface area contributed by atoms with Crippen LogP contribution in [0.3, 0.4) is 0 Å². The van der Waals surface area contributed by atoms with Crippen LogP contribution >= 0.6 is 11.6 Å². The fraction of sp³-hybridized carbons (Fsp3) is 0.412. The fourth-order valence-corrected chi connectivity index (χ4v) is 4.29. The number of rotatable bonds is 3. The minimum absolute atomic E-state index is 0.191. The van der Waals surface area contributed by atoms with Gasteiger partial charge in [-0.05, 0) is 55.0 Å². The van der Waals surface area contributed by atoms with Gasteiger partial charge in [-0.3, -0.25) is 14.9 Å². The van der Waals surface area contributed by atoms with Crippen LogP contribution in [0, 0.1) is 5.92 Å². The lowest BCUT2D eigenvalue weighted by Crippen LogP contribution is -2.51. The smallest absolute Gasteiger partial charge is 0.0592 e. The van der Waals surface area contributed by atoms with Crippen LogP contribution in [0.1, 0.15) is 30.4 Å². The Balaban J connectivity index is 1.66. The third-order valence-corrected chi connectivity index (χ3v) is 5.36. The number of hydrogen-bond acceptors (Lipinski definition) is 3. The molecule has 0 N–H and O–H groups in total. The van der Waals surface area contributed by atoms with E-state index in [1.807, 2.05) is 24.7 Å². The molecule has 0 bridgehead atoms. The van der Waals surface area contributed by atoms with Gasteiger partial charge in [-0.15, -0.1) is 0 Å². The predicted molar refractivity (Wildman–Crippen MR) is 82.9 cm³/mol. The summed E-state index contributed by atoms with van der Waals surface area (Å²) in [5.41, 5.74) is 2.75. The largest absolute Gasteiger partial charge is 0.289 e. The standard InChI is InChI=1S/C17H18ClN3/c18-16-8-13(9-20-11-16)12-21-7-4-14-3-5-17(14,21)15-2-1-6-19-10-15/h1-2,6,8-11,14H,3-5,7,12H2/t14-,17-/m0/s1. The molecule has 3 heterocycles. The van der Waals surface area contributed by atoms with Crippen molar-refractivity contribution in [3.8, 4) is 0 Å². The van der Waals surface area contributed by atoms with E-state index >= 15 is 0 Å². The molecule has 0 amide bonds. The summed E-state index contributed by atoms with van der Waals surface area (Å²) in [4.78, 5) is 11.2. The molecule has 1 aliphatic heterocycles. The second kappa shape index (κ2) is 5.08. The Morgan fingerprint density at radius 1 is 1.24 bits per heavy atom. The zero-order valence-corrected chi connectivity index (χ0v) is 12.6. The topological polar surface area (TPSA) is 29.0 Å². The Morgan fingerprint density at radius 3 is 2.90 bits per heavy atom. The first-order valence-corrected chi connectivity index (χ1v) is 7.92. The van der Waals surface area contributed by atoms with E-state index in [4.69, 9.17) is 11.6 Å². The van der Waals surface area contributed by atoms with Crippen molar-refractivity contribution in [1.82, 2.24) is 14.9 Å². The van der Waals surface area contributed by atoms with E-state index in [1.54, 1.807) is 6.20 Å². The second-order valence-corrected chi connectivity index (χ2v) is 6.56. The monoisotopic (exact) mass is 299 g/mol. The first-order chi connectivity index (χ1) is 10.3. The predicted octanol–water partition coefficient (Wildman–Crippen LogP) is 3.64. The minimum Gasteiger partial charge on any atom is -0.289 e. The van der Waals surface area contributed by atoms with Crippen LogP contribution < -0.4 is 0 Å². The molecule has 0 radical (unpaired) electrons. The molecule has 1 saturated heterocycles. The zero-order chi connectivity index (χ0) is 14.3. The third-order valence-electron chi connectivity index (χ3n) is 5.16. The van der Waals surface area contributed by atoms with E-state index < -0.39 is 0 Å². The number of pyridine rings is 2. The van der Waals surface area contributed by atoms with Crippen molar-refractivity contribution in [1.29, 1.82) is 0 Å². The molecule has 4 heteroatoms. The number of halogens is 1. The molecule has 4 rings (SSSR count). The van der Waals surface area contributed by atoms with Gasteiger partial charge in [0.25, 0.3) is 0 Å². The van der Waals surface area contributed by atoms with Crippen LogP contribution in [0.2, 0.25) is 5.02 Å². The van der Waals surface area contributed by atoms with Crippen molar-refractivity contribution >= 4 is 11.6 Å². The normalized spacial score (nSPS) is 28.1. The molecular weight excluding hydrogens is 282 g/mol. The highest BCUT2D eigenvalue weighted by molar-refractivity contribution is 6.30. The Bertz CT molecular complexity index is 645. The van der Waals surface area contributed by atoms with Crippen LogP contribution in [0.25, 0.3) is 0 Å². The number of hydrogen-bond donors (Lipinski definition) is 0. The van der Waals surface area contributed by atoms with Crippen LogP contribution in [-0.4, -0.2) is 21.4 Å². The van der Waals surface area contributed by atoms with Gasteiger partial charge in [-0.2, -0.15) is 0 Å². The number of aromatic nitrogens is 2. The van der Waals surface area contributed by atoms with Crippen molar-refractivity contribution in [2.24, 2.45) is 5.92 Å². The average Bonchev–Trinajstić information content (AvgIpc) is 2.71. The van der Waals surface area contributed by atoms with E-state index in [2.05, 4.69) is 27.0 Å². The molecule has 1 aliphatic carbocycles. The van der Waals surface area contributed by atoms with Gasteiger partial charge in [0.2, 0.25) is 0 Å². The van der Waals surface area contributed by atoms with Gasteiger partial charge in [0.05, 0.1) is 10.6 Å². The number of likely N-dealkylation sites (tertiary alicyclic amines) is 1. The van der Waals surface area contributed by atoms with Crippen molar-refractivity contribution in [2.75, 3.05) is 6.54 Å². The molecule has 21 heavy (non-hydrogen) atoms. The minimum atomic E-state index is 0.191. The molecule has 0 spiro atoms. The summed E-state index contributed by atoms with van der Waals surface area (Å²) >= 11 is 6.07. The van der Waals surface area contributed by atoms with Crippen LogP contribution in [-0.2, 0) is 12.1 Å². The van der Waals surface area contributed by atoms with Gasteiger partial charge in [-0.1, -0.05) is 17.7 Å². The molecule has 2 aromatic rings. The Kier molecular flexibility index (Phi) is 3.20. The van der Waals surface area contributed by atoms with Gasteiger partial charge >= 0.3 is 0 Å². The van der Waals surface area contributed by atoms with Crippen molar-refractivity contribution in [3.63, 3.8) is 0 Å². The van der Waals surface area contributed by atoms with Gasteiger partial charge < -0.3 is 0 Å². The van der Waals surface area contributed by atoms with Gasteiger partial charge in [0.15, 0.2) is 0 Å². The lowest BCUT2D eigenvalue weighted by Gasteiger charge is -2.50. The first-order valence-electron chi connectivity index (χ1n) is 7.54. The summed E-state index contributed by atoms with van der Waals surface area (Å²) in [7, 11) is 0. The zero-order valence-electron chi connectivity index (χ0n) is 11.9. The summed E-state index contributed by atoms with van der Waals surface area (Å²) in [6, 6.07) is 6.31. The van der Waals surface area contributed by atoms with E-state index in [0.717, 1.165) is 19.0 Å². The molecule has 0 unspecified atom stereocenters. The summed E-state index contributed by atoms with van der Waals surface area (Å²) in [6.45, 7) is 2.06. The van der Waals surface area contributed by atoms with Crippen molar-refractivity contribution < 1.29 is 0 Å². The highest BCUT2D eigenvalue weighted by Gasteiger charge is 2.55. The van der Waals surface area contributed by atoms with E-state index in [1.165, 1.54) is 30.4 Å². The average molecular weight is 300 g/mol. The van der Waals surface area contributed by atoms with Crippen LogP contribution in [0.15, 0.2) is 43.0 Å². The second-order valence-electron chi connectivity index (χ2n) is 6.12. The fourth-order valence-electron chi connectivity index (χ4n) is 4.10. The Morgan fingerprint density at radius 2 is 2.19 bits per heavy atom. The third kappa shape index (κ3) is 2.07. The van der Waals surface area contributed by atoms with Crippen LogP contribution in [0.4, 0.5) is 0 Å².